The molecule has 0 amide bonds. The number of carbonyl (C=O) groups excluding carboxylic acids is 2. The van der Waals surface area contributed by atoms with Gasteiger partial charge in [0.05, 0.1) is 29.4 Å². The summed E-state index contributed by atoms with van der Waals surface area (Å²) in [6, 6.07) is 15.9. The van der Waals surface area contributed by atoms with Gasteiger partial charge in [0.15, 0.2) is 12.1 Å². The number of pyridine rings is 1. The van der Waals surface area contributed by atoms with Crippen LogP contribution in [0.5, 0.6) is 0 Å². The van der Waals surface area contributed by atoms with E-state index in [9.17, 15) is 24.0 Å². The van der Waals surface area contributed by atoms with Crippen LogP contribution in [-0.2, 0) is 11.3 Å². The first-order valence-corrected chi connectivity index (χ1v) is 12.9. The van der Waals surface area contributed by atoms with Gasteiger partial charge in [0.25, 0.3) is 5.56 Å². The highest BCUT2D eigenvalue weighted by Gasteiger charge is 2.26. The van der Waals surface area contributed by atoms with Gasteiger partial charge in [-0.15, -0.1) is 0 Å². The molecule has 1 aliphatic heterocycles. The van der Waals surface area contributed by atoms with Gasteiger partial charge in [-0.3, -0.25) is 14.4 Å². The standard InChI is InChI=1S/C21H19FN4O.C5H4N2O.C5H8O/c1-25-12-16(13-25)24-20-17-4-2-3-5-19(17)26(21(27)18(20)10-23)11-14-6-8-15(22)9-7-14;8-3-5-1-6-4-7-2-5;1-3-4-5(2)6/h2-9,16,24H,11-13H2,1H3;1-4H;3-4H,1-2H3/b;;4-3+. The second kappa shape index (κ2) is 15.0. The Balaban J connectivity index is 0.000000272. The van der Waals surface area contributed by atoms with Crippen LogP contribution in [0, 0.1) is 17.1 Å². The highest BCUT2D eigenvalue weighted by Crippen LogP contribution is 2.27. The maximum atomic E-state index is 13.2. The number of aldehydes is 1. The first kappa shape index (κ1) is 30.5. The number of halogens is 1. The molecule has 0 saturated carbocycles. The number of nitriles is 1. The Hall–Kier alpha value is -5.01. The van der Waals surface area contributed by atoms with E-state index in [1.54, 1.807) is 22.8 Å². The van der Waals surface area contributed by atoms with Crippen LogP contribution in [0.3, 0.4) is 0 Å². The molecule has 2 aromatic heterocycles. The number of aromatic nitrogens is 3. The lowest BCUT2D eigenvalue weighted by Gasteiger charge is -2.37. The normalized spacial score (nSPS) is 12.8. The molecule has 210 valence electrons. The van der Waals surface area contributed by atoms with Crippen LogP contribution in [0.25, 0.3) is 10.9 Å². The Kier molecular flexibility index (Phi) is 11.1. The fourth-order valence-electron chi connectivity index (χ4n) is 4.19. The fourth-order valence-corrected chi connectivity index (χ4v) is 4.19. The SMILES string of the molecule is C/C=C/C(C)=O.CN1CC(Nc2c(C#N)c(=O)n(Cc3ccc(F)cc3)c3ccccc23)C1.O=Cc1cncnc1. The molecule has 3 heterocycles. The fraction of sp³-hybridized carbons (Fsp3) is 0.226. The Morgan fingerprint density at radius 1 is 1.15 bits per heavy atom. The monoisotopic (exact) mass is 554 g/mol. The number of hydrogen-bond acceptors (Lipinski definition) is 8. The molecule has 1 saturated heterocycles. The van der Waals surface area contributed by atoms with E-state index in [4.69, 9.17) is 0 Å². The van der Waals surface area contributed by atoms with Gasteiger partial charge in [0, 0.05) is 30.9 Å². The Morgan fingerprint density at radius 3 is 2.32 bits per heavy atom. The van der Waals surface area contributed by atoms with Crippen molar-refractivity contribution in [3.63, 3.8) is 0 Å². The molecule has 0 radical (unpaired) electrons. The van der Waals surface area contributed by atoms with Crippen LogP contribution < -0.4 is 10.9 Å². The number of hydrogen-bond donors (Lipinski definition) is 1. The maximum absolute atomic E-state index is 13.2. The Bertz CT molecular complexity index is 1610. The largest absolute Gasteiger partial charge is 0.378 e. The third kappa shape index (κ3) is 8.49. The number of likely N-dealkylation sites (tertiary alicyclic amines) is 1. The number of anilines is 1. The number of nitrogens with one attached hydrogen (secondary N) is 1. The summed E-state index contributed by atoms with van der Waals surface area (Å²) in [7, 11) is 2.03. The predicted octanol–water partition coefficient (Wildman–Crippen LogP) is 4.23. The third-order valence-electron chi connectivity index (χ3n) is 6.07. The minimum Gasteiger partial charge on any atom is -0.378 e. The lowest BCUT2D eigenvalue weighted by atomic mass is 10.0. The summed E-state index contributed by atoms with van der Waals surface area (Å²) in [5.41, 5.74) is 2.44. The van der Waals surface area contributed by atoms with E-state index in [0.29, 0.717) is 17.5 Å². The number of fused-ring (bicyclic) bond motifs is 1. The van der Waals surface area contributed by atoms with E-state index in [0.717, 1.165) is 29.6 Å². The lowest BCUT2D eigenvalue weighted by Crippen LogP contribution is -2.52. The number of nitrogens with zero attached hydrogens (tertiary/aromatic N) is 5. The van der Waals surface area contributed by atoms with Crippen molar-refractivity contribution in [3.05, 3.63) is 112 Å². The molecule has 9 nitrogen and oxygen atoms in total. The van der Waals surface area contributed by atoms with Gasteiger partial charge in [-0.25, -0.2) is 14.4 Å². The van der Waals surface area contributed by atoms with Crippen molar-refractivity contribution in [2.45, 2.75) is 26.4 Å². The number of benzene rings is 2. The molecule has 10 heteroatoms. The number of likely N-dealkylation sites (N-methyl/N-ethyl adjacent to an activating group) is 1. The summed E-state index contributed by atoms with van der Waals surface area (Å²) in [6.45, 7) is 5.37. The molecule has 0 unspecified atom stereocenters. The Labute approximate surface area is 237 Å². The zero-order chi connectivity index (χ0) is 29.8. The van der Waals surface area contributed by atoms with Gasteiger partial charge in [-0.1, -0.05) is 36.4 Å². The highest BCUT2D eigenvalue weighted by atomic mass is 19.1. The van der Waals surface area contributed by atoms with E-state index in [2.05, 4.69) is 26.3 Å². The zero-order valence-corrected chi connectivity index (χ0v) is 23.1. The molecule has 1 fully saturated rings. The minimum absolute atomic E-state index is 0.109. The molecule has 1 aliphatic rings. The molecular formula is C31H31FN6O3. The van der Waals surface area contributed by atoms with Gasteiger partial charge in [0.2, 0.25) is 0 Å². The van der Waals surface area contributed by atoms with Crippen LogP contribution in [0.2, 0.25) is 0 Å². The second-order valence-corrected chi connectivity index (χ2v) is 9.36. The van der Waals surface area contributed by atoms with Gasteiger partial charge >= 0.3 is 0 Å². The molecule has 0 spiro atoms. The number of allylic oxidation sites excluding steroid dienone is 2. The first-order valence-electron chi connectivity index (χ1n) is 12.9. The van der Waals surface area contributed by atoms with Crippen molar-refractivity contribution >= 4 is 28.7 Å². The summed E-state index contributed by atoms with van der Waals surface area (Å²) >= 11 is 0. The van der Waals surface area contributed by atoms with E-state index in [-0.39, 0.29) is 35.3 Å². The van der Waals surface area contributed by atoms with E-state index >= 15 is 0 Å². The average Bonchev–Trinajstić information content (AvgIpc) is 2.96. The van der Waals surface area contributed by atoms with E-state index in [1.165, 1.54) is 43.9 Å². The van der Waals surface area contributed by atoms with Gasteiger partial charge in [-0.2, -0.15) is 5.26 Å². The molecule has 0 atom stereocenters. The summed E-state index contributed by atoms with van der Waals surface area (Å²) in [5.74, 6) is -0.212. The van der Waals surface area contributed by atoms with Crippen molar-refractivity contribution in [3.8, 4) is 6.07 Å². The molecule has 1 N–H and O–H groups in total. The highest BCUT2D eigenvalue weighted by molar-refractivity contribution is 5.94. The van der Waals surface area contributed by atoms with Crippen molar-refractivity contribution in [2.24, 2.45) is 0 Å². The van der Waals surface area contributed by atoms with Gasteiger partial charge in [0.1, 0.15) is 23.8 Å². The van der Waals surface area contributed by atoms with Crippen LogP contribution in [-0.4, -0.2) is 57.7 Å². The molecule has 5 rings (SSSR count). The van der Waals surface area contributed by atoms with E-state index in [1.807, 2.05) is 38.2 Å². The number of para-hydroxylation sites is 1. The van der Waals surface area contributed by atoms with Crippen LogP contribution in [0.15, 0.2) is 84.2 Å². The molecular weight excluding hydrogens is 523 g/mol. The minimum atomic E-state index is -0.337. The smallest absolute Gasteiger partial charge is 0.271 e. The van der Waals surface area contributed by atoms with Crippen molar-refractivity contribution < 1.29 is 14.0 Å². The average molecular weight is 555 g/mol. The number of carbonyl (C=O) groups is 2. The maximum Gasteiger partial charge on any atom is 0.271 e. The third-order valence-corrected chi connectivity index (χ3v) is 6.07. The van der Waals surface area contributed by atoms with Crippen LogP contribution in [0.4, 0.5) is 10.1 Å². The van der Waals surface area contributed by atoms with Gasteiger partial charge < -0.3 is 14.8 Å². The lowest BCUT2D eigenvalue weighted by molar-refractivity contribution is -0.112. The van der Waals surface area contributed by atoms with Crippen molar-refractivity contribution in [1.82, 2.24) is 19.4 Å². The van der Waals surface area contributed by atoms with Crippen molar-refractivity contribution in [1.29, 1.82) is 5.26 Å². The summed E-state index contributed by atoms with van der Waals surface area (Å²) in [4.78, 5) is 42.4. The number of ketones is 1. The first-order chi connectivity index (χ1) is 19.8. The zero-order valence-electron chi connectivity index (χ0n) is 23.1. The van der Waals surface area contributed by atoms with Gasteiger partial charge in [-0.05, 0) is 50.7 Å². The topological polar surface area (TPSA) is 121 Å². The molecule has 4 aromatic rings. The molecule has 41 heavy (non-hydrogen) atoms. The van der Waals surface area contributed by atoms with Crippen LogP contribution in [0.1, 0.15) is 35.3 Å². The van der Waals surface area contributed by atoms with Crippen molar-refractivity contribution in [2.75, 3.05) is 25.5 Å². The summed E-state index contributed by atoms with van der Waals surface area (Å²) in [5, 5.41) is 13.9. The number of rotatable bonds is 6. The second-order valence-electron chi connectivity index (χ2n) is 9.36. The molecule has 0 aliphatic carbocycles. The summed E-state index contributed by atoms with van der Waals surface area (Å²) < 4.78 is 14.8. The molecule has 2 aromatic carbocycles. The molecule has 0 bridgehead atoms. The summed E-state index contributed by atoms with van der Waals surface area (Å²) in [6.07, 6.45) is 8.26. The quantitative estimate of drug-likeness (QED) is 0.278. The predicted molar refractivity (Wildman–Crippen MR) is 156 cm³/mol. The van der Waals surface area contributed by atoms with E-state index < -0.39 is 0 Å². The Morgan fingerprint density at radius 2 is 1.80 bits per heavy atom. The van der Waals surface area contributed by atoms with Crippen LogP contribution >= 0.6 is 0 Å².